The van der Waals surface area contributed by atoms with Crippen molar-refractivity contribution >= 4 is 28.6 Å². The lowest BCUT2D eigenvalue weighted by Gasteiger charge is -2.31. The van der Waals surface area contributed by atoms with Gasteiger partial charge in [0, 0.05) is 34.4 Å². The van der Waals surface area contributed by atoms with Gasteiger partial charge in [-0.3, -0.25) is 4.79 Å². The summed E-state index contributed by atoms with van der Waals surface area (Å²) >= 11 is 1.62. The number of hydrogen-bond donors (Lipinski definition) is 2. The number of aliphatic hydroxyl groups is 1. The number of ether oxygens (including phenoxy) is 3. The maximum atomic E-state index is 13.5. The van der Waals surface area contributed by atoms with Crippen LogP contribution in [0, 0.1) is 0 Å². The third-order valence-corrected chi connectivity index (χ3v) is 8.29. The van der Waals surface area contributed by atoms with Gasteiger partial charge in [0.25, 0.3) is 5.56 Å². The molecule has 1 aromatic carbocycles. The smallest absolute Gasteiger partial charge is 0.343 e. The van der Waals surface area contributed by atoms with E-state index in [2.05, 4.69) is 0 Å². The molecule has 3 aromatic rings. The van der Waals surface area contributed by atoms with E-state index in [-0.39, 0.29) is 31.4 Å². The standard InChI is InChI=1S/C23H19N3O6S/c1-2-23(29)11-3-14-18-9(5-26(14)21(27)10(11)6-30-22(23)28)16-12(24)7-33-20-17(16)13(25-18)4-15-19(20)32-8-31-15/h3-4,12,29H,2,5-8,24H2,1H3/t12-,23-/m0/s1. The van der Waals surface area contributed by atoms with Crippen LogP contribution in [0.15, 0.2) is 21.8 Å². The molecule has 0 fully saturated rings. The topological polar surface area (TPSA) is 126 Å². The largest absolute Gasteiger partial charge is 0.458 e. The van der Waals surface area contributed by atoms with Gasteiger partial charge in [0.1, 0.15) is 6.61 Å². The molecule has 7 rings (SSSR count). The quantitative estimate of drug-likeness (QED) is 0.405. The number of nitrogens with two attached hydrogens (primary N) is 1. The number of hydrogen-bond acceptors (Lipinski definition) is 9. The highest BCUT2D eigenvalue weighted by molar-refractivity contribution is 7.99. The number of thioether (sulfide) groups is 1. The van der Waals surface area contributed by atoms with Crippen molar-refractivity contribution in [1.29, 1.82) is 0 Å². The van der Waals surface area contributed by atoms with E-state index >= 15 is 0 Å². The minimum atomic E-state index is -1.86. The lowest BCUT2D eigenvalue weighted by molar-refractivity contribution is -0.172. The Kier molecular flexibility index (Phi) is 3.69. The third kappa shape index (κ3) is 2.28. The van der Waals surface area contributed by atoms with Crippen LogP contribution in [-0.4, -0.2) is 33.2 Å². The van der Waals surface area contributed by atoms with Gasteiger partial charge in [-0.1, -0.05) is 6.92 Å². The number of carbonyl (C=O) groups excluding carboxylic acids is 1. The van der Waals surface area contributed by atoms with Crippen LogP contribution in [0.5, 0.6) is 11.5 Å². The van der Waals surface area contributed by atoms with Gasteiger partial charge in [-0.05, 0) is 18.1 Å². The van der Waals surface area contributed by atoms with Crippen molar-refractivity contribution < 1.29 is 24.1 Å². The van der Waals surface area contributed by atoms with Gasteiger partial charge in [-0.2, -0.15) is 0 Å². The monoisotopic (exact) mass is 465 g/mol. The fourth-order valence-electron chi connectivity index (χ4n) is 5.40. The van der Waals surface area contributed by atoms with Crippen molar-refractivity contribution in [2.75, 3.05) is 12.5 Å². The van der Waals surface area contributed by atoms with Crippen LogP contribution in [0.3, 0.4) is 0 Å². The van der Waals surface area contributed by atoms with E-state index in [0.717, 1.165) is 26.9 Å². The zero-order chi connectivity index (χ0) is 22.6. The summed E-state index contributed by atoms with van der Waals surface area (Å²) in [4.78, 5) is 31.8. The third-order valence-electron chi connectivity index (χ3n) is 7.09. The summed E-state index contributed by atoms with van der Waals surface area (Å²) in [5, 5.41) is 12.0. The Morgan fingerprint density at radius 3 is 2.94 bits per heavy atom. The Labute approximate surface area is 191 Å². The first-order valence-electron chi connectivity index (χ1n) is 10.8. The highest BCUT2D eigenvalue weighted by Crippen LogP contribution is 2.53. The normalized spacial score (nSPS) is 23.8. The average molecular weight is 465 g/mol. The Hall–Kier alpha value is -3.08. The first-order chi connectivity index (χ1) is 15.9. The summed E-state index contributed by atoms with van der Waals surface area (Å²) in [6.45, 7) is 2.01. The predicted octanol–water partition coefficient (Wildman–Crippen LogP) is 1.91. The van der Waals surface area contributed by atoms with Crippen molar-refractivity contribution in [3.05, 3.63) is 44.7 Å². The van der Waals surface area contributed by atoms with Crippen LogP contribution < -0.4 is 20.8 Å². The number of fused-ring (bicyclic) bond motifs is 7. The second kappa shape index (κ2) is 6.28. The summed E-state index contributed by atoms with van der Waals surface area (Å²) < 4.78 is 18.1. The van der Waals surface area contributed by atoms with Gasteiger partial charge in [-0.15, -0.1) is 11.8 Å². The Balaban J connectivity index is 1.56. The molecule has 33 heavy (non-hydrogen) atoms. The minimum absolute atomic E-state index is 0.0971. The zero-order valence-electron chi connectivity index (χ0n) is 17.6. The van der Waals surface area contributed by atoms with Gasteiger partial charge in [-0.25, -0.2) is 9.78 Å². The van der Waals surface area contributed by atoms with E-state index in [1.807, 2.05) is 6.07 Å². The Bertz CT molecular complexity index is 1500. The van der Waals surface area contributed by atoms with E-state index in [0.29, 0.717) is 46.3 Å². The van der Waals surface area contributed by atoms with Gasteiger partial charge in [0.2, 0.25) is 6.79 Å². The van der Waals surface area contributed by atoms with Crippen molar-refractivity contribution in [1.82, 2.24) is 9.55 Å². The number of nitrogens with zero attached hydrogens (tertiary/aromatic N) is 2. The molecule has 3 N–H and O–H groups in total. The molecule has 0 saturated carbocycles. The second-order valence-electron chi connectivity index (χ2n) is 8.71. The first kappa shape index (κ1) is 19.4. The molecule has 0 bridgehead atoms. The summed E-state index contributed by atoms with van der Waals surface area (Å²) in [5.41, 5.74) is 8.82. The summed E-state index contributed by atoms with van der Waals surface area (Å²) in [6.07, 6.45) is 0.0971. The van der Waals surface area contributed by atoms with Crippen molar-refractivity contribution in [2.24, 2.45) is 5.73 Å². The van der Waals surface area contributed by atoms with Crippen LogP contribution in [0.25, 0.3) is 22.3 Å². The molecule has 10 heteroatoms. The predicted molar refractivity (Wildman–Crippen MR) is 118 cm³/mol. The maximum Gasteiger partial charge on any atom is 0.343 e. The van der Waals surface area contributed by atoms with Crippen LogP contribution >= 0.6 is 11.8 Å². The van der Waals surface area contributed by atoms with Gasteiger partial charge < -0.3 is 29.6 Å². The van der Waals surface area contributed by atoms with Crippen LogP contribution in [0.4, 0.5) is 0 Å². The molecule has 6 heterocycles. The van der Waals surface area contributed by atoms with Crippen molar-refractivity contribution in [3.8, 4) is 22.9 Å². The first-order valence-corrected chi connectivity index (χ1v) is 11.8. The lowest BCUT2D eigenvalue weighted by Crippen LogP contribution is -2.44. The summed E-state index contributed by atoms with van der Waals surface area (Å²) in [6, 6.07) is 3.33. The fraction of sp³-hybridized carbons (Fsp3) is 0.348. The van der Waals surface area contributed by atoms with Crippen LogP contribution in [0.2, 0.25) is 0 Å². The maximum absolute atomic E-state index is 13.5. The van der Waals surface area contributed by atoms with Crippen molar-refractivity contribution in [3.63, 3.8) is 0 Å². The van der Waals surface area contributed by atoms with E-state index in [1.54, 1.807) is 29.3 Å². The summed E-state index contributed by atoms with van der Waals surface area (Å²) in [7, 11) is 0. The number of esters is 1. The van der Waals surface area contributed by atoms with E-state index < -0.39 is 11.6 Å². The summed E-state index contributed by atoms with van der Waals surface area (Å²) in [5.74, 6) is 1.29. The molecule has 0 aliphatic carbocycles. The lowest BCUT2D eigenvalue weighted by atomic mass is 9.86. The Morgan fingerprint density at radius 1 is 1.27 bits per heavy atom. The SMILES string of the molecule is CC[C@@]1(O)C(=O)OCc2c1cc1n(c2=O)Cc2c-1nc1cc3c(c4c1c2[C@@H](N)CS4)OCO3. The number of benzene rings is 1. The molecular formula is C23H19N3O6S. The molecule has 0 unspecified atom stereocenters. The fourth-order valence-corrected chi connectivity index (χ4v) is 6.56. The number of rotatable bonds is 1. The van der Waals surface area contributed by atoms with Gasteiger partial charge in [0.05, 0.1) is 33.9 Å². The molecule has 0 spiro atoms. The van der Waals surface area contributed by atoms with E-state index in [9.17, 15) is 14.7 Å². The highest BCUT2D eigenvalue weighted by atomic mass is 32.2. The molecule has 4 aliphatic rings. The minimum Gasteiger partial charge on any atom is -0.458 e. The van der Waals surface area contributed by atoms with Gasteiger partial charge in [0.15, 0.2) is 17.1 Å². The number of carbonyl (C=O) groups is 1. The zero-order valence-corrected chi connectivity index (χ0v) is 18.5. The van der Waals surface area contributed by atoms with Crippen LogP contribution in [0.1, 0.15) is 41.6 Å². The number of aromatic nitrogens is 2. The Morgan fingerprint density at radius 2 is 2.12 bits per heavy atom. The molecule has 9 nitrogen and oxygen atoms in total. The highest BCUT2D eigenvalue weighted by Gasteiger charge is 2.46. The van der Waals surface area contributed by atoms with Crippen molar-refractivity contribution in [2.45, 2.75) is 43.0 Å². The van der Waals surface area contributed by atoms with Crippen LogP contribution in [-0.2, 0) is 28.3 Å². The number of cyclic esters (lactones) is 1. The van der Waals surface area contributed by atoms with Gasteiger partial charge >= 0.3 is 5.97 Å². The number of pyridine rings is 2. The second-order valence-corrected chi connectivity index (χ2v) is 9.74. The molecule has 0 radical (unpaired) electrons. The molecule has 2 aromatic heterocycles. The molecule has 2 atom stereocenters. The van der Waals surface area contributed by atoms with E-state index in [4.69, 9.17) is 24.9 Å². The van der Waals surface area contributed by atoms with E-state index in [1.165, 1.54) is 0 Å². The average Bonchev–Trinajstić information content (AvgIpc) is 3.43. The molecule has 4 aliphatic heterocycles. The molecular weight excluding hydrogens is 446 g/mol. The molecule has 168 valence electrons. The molecule has 0 amide bonds. The molecule has 0 saturated heterocycles.